The highest BCUT2D eigenvalue weighted by Gasteiger charge is 2.44. The lowest BCUT2D eigenvalue weighted by Gasteiger charge is -2.26. The molecule has 0 radical (unpaired) electrons. The molecule has 0 heterocycles. The van der Waals surface area contributed by atoms with Crippen LogP contribution in [0.4, 0.5) is 56.1 Å². The minimum Gasteiger partial charge on any atom is -0.494 e. The van der Waals surface area contributed by atoms with Crippen molar-refractivity contribution in [2.75, 3.05) is 24.9 Å². The molecule has 4 amide bonds. The predicted molar refractivity (Wildman–Crippen MR) is 234 cm³/mol. The van der Waals surface area contributed by atoms with E-state index in [1.165, 1.54) is 48.5 Å². The zero-order valence-electron chi connectivity index (χ0n) is 37.1. The van der Waals surface area contributed by atoms with Gasteiger partial charge in [0, 0.05) is 22.3 Å². The van der Waals surface area contributed by atoms with E-state index in [9.17, 15) is 65.1 Å². The van der Waals surface area contributed by atoms with Crippen molar-refractivity contribution in [2.24, 2.45) is 0 Å². The Balaban J connectivity index is 0.000000288. The van der Waals surface area contributed by atoms with Gasteiger partial charge in [0.15, 0.2) is 12.2 Å². The summed E-state index contributed by atoms with van der Waals surface area (Å²) in [5, 5.41) is 50.6. The summed E-state index contributed by atoms with van der Waals surface area (Å²) >= 11 is 0. The molecule has 20 heteroatoms. The number of carbonyl (C=O) groups excluding carboxylic acids is 2. The number of anilines is 2. The highest BCUT2D eigenvalue weighted by atomic mass is 19.4. The van der Waals surface area contributed by atoms with Crippen LogP contribution in [0, 0.1) is 11.6 Å². The fraction of sp³-hybridized carbons (Fsp3) is 0.447. The van der Waals surface area contributed by atoms with Crippen LogP contribution in [0.15, 0.2) is 60.7 Å². The molecule has 6 rings (SSSR count). The van der Waals surface area contributed by atoms with Crippen LogP contribution in [0.1, 0.15) is 118 Å². The summed E-state index contributed by atoms with van der Waals surface area (Å²) in [6, 6.07) is 10.7. The van der Waals surface area contributed by atoms with Crippen LogP contribution < -0.4 is 30.7 Å². The summed E-state index contributed by atoms with van der Waals surface area (Å²) < 4.78 is 118. The van der Waals surface area contributed by atoms with Crippen molar-refractivity contribution >= 4 is 23.4 Å². The van der Waals surface area contributed by atoms with Gasteiger partial charge in [0.05, 0.1) is 37.7 Å². The molecule has 6 atom stereocenters. The summed E-state index contributed by atoms with van der Waals surface area (Å²) in [6.07, 6.45) is -17.8. The molecule has 0 saturated carbocycles. The molecule has 0 aromatic heterocycles. The average molecular weight is 957 g/mol. The smallest absolute Gasteiger partial charge is 0.418 e. The van der Waals surface area contributed by atoms with Crippen molar-refractivity contribution in [3.63, 3.8) is 0 Å². The topological polar surface area (TPSA) is 182 Å². The number of aliphatic hydroxyl groups excluding tert-OH is 4. The molecule has 2 aliphatic rings. The number of halogens is 8. The fourth-order valence-corrected chi connectivity index (χ4v) is 7.76. The van der Waals surface area contributed by atoms with E-state index in [0.717, 1.165) is 14.2 Å². The van der Waals surface area contributed by atoms with Crippen LogP contribution in [0.3, 0.4) is 0 Å². The van der Waals surface area contributed by atoms with Gasteiger partial charge in [-0.25, -0.2) is 18.4 Å². The minimum absolute atomic E-state index is 0. The highest BCUT2D eigenvalue weighted by Crippen LogP contribution is 2.45. The van der Waals surface area contributed by atoms with Gasteiger partial charge < -0.3 is 51.2 Å². The number of rotatable bonds is 8. The number of fused-ring (bicyclic) bond motifs is 2. The van der Waals surface area contributed by atoms with E-state index in [2.05, 4.69) is 21.3 Å². The predicted octanol–water partition coefficient (Wildman–Crippen LogP) is 9.65. The zero-order chi connectivity index (χ0) is 49.4. The first-order chi connectivity index (χ1) is 30.5. The van der Waals surface area contributed by atoms with Crippen LogP contribution in [0.25, 0.3) is 0 Å². The number of alkyl halides is 6. The number of nitrogens with one attached hydrogen (secondary N) is 4. The van der Waals surface area contributed by atoms with Crippen LogP contribution in [0.5, 0.6) is 11.5 Å². The molecule has 0 bridgehead atoms. The van der Waals surface area contributed by atoms with E-state index in [1.807, 2.05) is 0 Å². The van der Waals surface area contributed by atoms with Crippen LogP contribution in [-0.4, -0.2) is 71.1 Å². The maximum Gasteiger partial charge on any atom is 0.418 e. The lowest BCUT2D eigenvalue weighted by molar-refractivity contribution is -0.207. The van der Waals surface area contributed by atoms with Gasteiger partial charge in [-0.15, -0.1) is 0 Å². The standard InChI is InChI=1S/2C23H26F4N2O4.CH4/c2*1-22(2,3)12-9-13(20(31)23(25,26)27)19(33-4)16(10-12)29-21(32)28-15-8-11-6-5-7-14(24)17(11)18(15)30;/h2*5-7,9-10,15,18,20,30-31H,8H2,1-4H3,(H2,28,29,32);1H4/t15-,18-,20+;15-,18-,20-;/m01./s1. The van der Waals surface area contributed by atoms with E-state index in [4.69, 9.17) is 9.47 Å². The lowest BCUT2D eigenvalue weighted by Crippen LogP contribution is -2.40. The maximum atomic E-state index is 14.0. The normalized spacial score (nSPS) is 18.8. The average Bonchev–Trinajstić information content (AvgIpc) is 3.70. The largest absolute Gasteiger partial charge is 0.494 e. The Labute approximate surface area is 382 Å². The van der Waals surface area contributed by atoms with E-state index < -0.39 is 94.5 Å². The Morgan fingerprint density at radius 2 is 0.940 bits per heavy atom. The van der Waals surface area contributed by atoms with Crippen molar-refractivity contribution in [1.82, 2.24) is 10.6 Å². The van der Waals surface area contributed by atoms with Gasteiger partial charge in [0.2, 0.25) is 0 Å². The summed E-state index contributed by atoms with van der Waals surface area (Å²) in [6.45, 7) is 10.6. The molecule has 368 valence electrons. The van der Waals surface area contributed by atoms with E-state index in [-0.39, 0.29) is 54.3 Å². The molecule has 0 unspecified atom stereocenters. The van der Waals surface area contributed by atoms with Gasteiger partial charge >= 0.3 is 24.4 Å². The second-order valence-electron chi connectivity index (χ2n) is 18.0. The number of methoxy groups -OCH3 is 2. The first-order valence-corrected chi connectivity index (χ1v) is 20.5. The summed E-state index contributed by atoms with van der Waals surface area (Å²) in [7, 11) is 2.25. The molecule has 8 N–H and O–H groups in total. The fourth-order valence-electron chi connectivity index (χ4n) is 7.76. The maximum absolute atomic E-state index is 14.0. The lowest BCUT2D eigenvalue weighted by atomic mass is 9.84. The number of carbonyl (C=O) groups is 2. The van der Waals surface area contributed by atoms with Gasteiger partial charge in [0.1, 0.15) is 35.3 Å². The molecule has 4 aromatic rings. The molecule has 2 aliphatic carbocycles. The number of aliphatic hydroxyl groups is 4. The first-order valence-electron chi connectivity index (χ1n) is 20.5. The van der Waals surface area contributed by atoms with Crippen LogP contribution in [-0.2, 0) is 23.7 Å². The third-order valence-electron chi connectivity index (χ3n) is 11.2. The van der Waals surface area contributed by atoms with E-state index >= 15 is 0 Å². The number of amides is 4. The van der Waals surface area contributed by atoms with E-state index in [1.54, 1.807) is 53.7 Å². The molecular weight excluding hydrogens is 901 g/mol. The first kappa shape index (κ1) is 53.9. The van der Waals surface area contributed by atoms with Gasteiger partial charge in [-0.1, -0.05) is 73.2 Å². The molecule has 0 saturated heterocycles. The van der Waals surface area contributed by atoms with Crippen LogP contribution in [0.2, 0.25) is 0 Å². The molecule has 0 fully saturated rings. The quantitative estimate of drug-likeness (QED) is 0.0804. The van der Waals surface area contributed by atoms with Gasteiger partial charge in [-0.05, 0) is 82.3 Å². The van der Waals surface area contributed by atoms with Crippen molar-refractivity contribution in [2.45, 2.75) is 121 Å². The Bertz CT molecular complexity index is 2270. The van der Waals surface area contributed by atoms with Gasteiger partial charge in [-0.3, -0.25) is 0 Å². The number of urea groups is 2. The Morgan fingerprint density at radius 1 is 0.612 bits per heavy atom. The van der Waals surface area contributed by atoms with Crippen molar-refractivity contribution in [3.8, 4) is 11.5 Å². The number of hydrogen-bond acceptors (Lipinski definition) is 8. The molecule has 0 spiro atoms. The van der Waals surface area contributed by atoms with Gasteiger partial charge in [-0.2, -0.15) is 26.3 Å². The van der Waals surface area contributed by atoms with E-state index in [0.29, 0.717) is 22.3 Å². The van der Waals surface area contributed by atoms with Crippen LogP contribution >= 0.6 is 0 Å². The zero-order valence-corrected chi connectivity index (χ0v) is 37.1. The monoisotopic (exact) mass is 956 g/mol. The number of benzene rings is 4. The second-order valence-corrected chi connectivity index (χ2v) is 18.0. The highest BCUT2D eigenvalue weighted by molar-refractivity contribution is 5.93. The van der Waals surface area contributed by atoms with Crippen molar-refractivity contribution in [3.05, 3.63) is 117 Å². The second kappa shape index (κ2) is 20.3. The third-order valence-corrected chi connectivity index (χ3v) is 11.2. The molecular formula is C47H56F8N4O8. The Morgan fingerprint density at radius 3 is 1.21 bits per heavy atom. The van der Waals surface area contributed by atoms with Crippen molar-refractivity contribution in [1.29, 1.82) is 0 Å². The summed E-state index contributed by atoms with van der Waals surface area (Å²) in [5.74, 6) is -1.86. The van der Waals surface area contributed by atoms with Gasteiger partial charge in [0.25, 0.3) is 0 Å². The molecule has 0 aliphatic heterocycles. The molecule has 4 aromatic carbocycles. The molecule has 67 heavy (non-hydrogen) atoms. The third kappa shape index (κ3) is 12.1. The SMILES string of the molecule is C.COc1c(NC(=O)N[C@@H]2Cc3cccc(F)c3[C@@H]2O)cc(C(C)(C)C)cc1[C@@H](O)C(F)(F)F.COc1c(NC(=O)N[C@H]2Cc3cccc(F)c3[C@H]2O)cc(C(C)(C)C)cc1[C@@H](O)C(F)(F)F. The Kier molecular flexibility index (Phi) is 16.3. The number of ether oxygens (including phenoxy) is 2. The summed E-state index contributed by atoms with van der Waals surface area (Å²) in [4.78, 5) is 25.4. The minimum atomic E-state index is -4.95. The Hall–Kier alpha value is -5.70. The number of hydrogen-bond donors (Lipinski definition) is 8. The molecule has 12 nitrogen and oxygen atoms in total. The van der Waals surface area contributed by atoms with Crippen molar-refractivity contribution < 1.29 is 74.6 Å². The summed E-state index contributed by atoms with van der Waals surface area (Å²) in [5.41, 5.74) is -0.317.